The Bertz CT molecular complexity index is 518. The summed E-state index contributed by atoms with van der Waals surface area (Å²) in [5.41, 5.74) is 0.823. The molecule has 1 aromatic carbocycles. The lowest BCUT2D eigenvalue weighted by Gasteiger charge is -2.24. The van der Waals surface area contributed by atoms with Crippen LogP contribution < -0.4 is 10.2 Å². The second kappa shape index (κ2) is 7.40. The van der Waals surface area contributed by atoms with Gasteiger partial charge in [0, 0.05) is 18.7 Å². The Balaban J connectivity index is 1.99. The number of carbonyl (C=O) groups excluding carboxylic acids is 2. The van der Waals surface area contributed by atoms with Gasteiger partial charge in [0.1, 0.15) is 0 Å². The van der Waals surface area contributed by atoms with Gasteiger partial charge in [-0.05, 0) is 18.1 Å². The van der Waals surface area contributed by atoms with Gasteiger partial charge >= 0.3 is 0 Å². The molecule has 5 heteroatoms. The molecule has 3 atom stereocenters. The van der Waals surface area contributed by atoms with Gasteiger partial charge in [-0.1, -0.05) is 38.5 Å². The van der Waals surface area contributed by atoms with Crippen molar-refractivity contribution in [3.63, 3.8) is 0 Å². The summed E-state index contributed by atoms with van der Waals surface area (Å²) in [5.74, 6) is -0.330. The van der Waals surface area contributed by atoms with Gasteiger partial charge in [-0.2, -0.15) is 0 Å². The number of benzene rings is 1. The zero-order chi connectivity index (χ0) is 16.1. The van der Waals surface area contributed by atoms with E-state index in [-0.39, 0.29) is 42.7 Å². The van der Waals surface area contributed by atoms with Crippen molar-refractivity contribution in [1.82, 2.24) is 5.32 Å². The SMILES string of the molecule is CC[C@H](C)[C@H](CO)NC(=O)[C@@H]1CC(=O)N(c2ccccc2)C1. The molecule has 0 bridgehead atoms. The number of carbonyl (C=O) groups is 2. The molecule has 0 saturated carbocycles. The zero-order valence-corrected chi connectivity index (χ0v) is 13.2. The Kier molecular flexibility index (Phi) is 5.55. The van der Waals surface area contributed by atoms with Crippen LogP contribution in [-0.4, -0.2) is 36.1 Å². The monoisotopic (exact) mass is 304 g/mol. The van der Waals surface area contributed by atoms with E-state index in [2.05, 4.69) is 5.32 Å². The number of hydrogen-bond acceptors (Lipinski definition) is 3. The largest absolute Gasteiger partial charge is 0.394 e. The Morgan fingerprint density at radius 3 is 2.68 bits per heavy atom. The molecule has 120 valence electrons. The van der Waals surface area contributed by atoms with Crippen LogP contribution in [0.5, 0.6) is 0 Å². The highest BCUT2D eigenvalue weighted by Crippen LogP contribution is 2.25. The van der Waals surface area contributed by atoms with Crippen molar-refractivity contribution in [1.29, 1.82) is 0 Å². The molecular formula is C17H24N2O3. The maximum absolute atomic E-state index is 12.4. The molecule has 5 nitrogen and oxygen atoms in total. The maximum atomic E-state index is 12.4. The standard InChI is InChI=1S/C17H24N2O3/c1-3-12(2)15(11-20)18-17(22)13-9-16(21)19(10-13)14-7-5-4-6-8-14/h4-8,12-13,15,20H,3,9-11H2,1-2H3,(H,18,22)/t12-,13+,15-/m0/s1. The van der Waals surface area contributed by atoms with Crippen molar-refractivity contribution in [3.8, 4) is 0 Å². The van der Waals surface area contributed by atoms with Gasteiger partial charge in [0.15, 0.2) is 0 Å². The number of nitrogens with zero attached hydrogens (tertiary/aromatic N) is 1. The highest BCUT2D eigenvalue weighted by Gasteiger charge is 2.36. The molecule has 0 aromatic heterocycles. The molecule has 1 heterocycles. The van der Waals surface area contributed by atoms with Gasteiger partial charge in [0.2, 0.25) is 11.8 Å². The molecule has 0 unspecified atom stereocenters. The minimum atomic E-state index is -0.356. The first kappa shape index (κ1) is 16.5. The van der Waals surface area contributed by atoms with Crippen LogP contribution in [0.2, 0.25) is 0 Å². The van der Waals surface area contributed by atoms with Crippen LogP contribution in [-0.2, 0) is 9.59 Å². The van der Waals surface area contributed by atoms with Gasteiger partial charge in [-0.3, -0.25) is 9.59 Å². The minimum absolute atomic E-state index is 0.0320. The Hall–Kier alpha value is -1.88. The molecule has 1 fully saturated rings. The molecule has 1 aliphatic heterocycles. The number of anilines is 1. The lowest BCUT2D eigenvalue weighted by Crippen LogP contribution is -2.45. The lowest BCUT2D eigenvalue weighted by molar-refractivity contribution is -0.127. The molecule has 2 amide bonds. The van der Waals surface area contributed by atoms with E-state index < -0.39 is 0 Å². The fraction of sp³-hybridized carbons (Fsp3) is 0.529. The van der Waals surface area contributed by atoms with Crippen molar-refractivity contribution in [2.45, 2.75) is 32.7 Å². The smallest absolute Gasteiger partial charge is 0.227 e. The van der Waals surface area contributed by atoms with Gasteiger partial charge in [-0.25, -0.2) is 0 Å². The molecule has 1 saturated heterocycles. The Labute approximate surface area is 131 Å². The maximum Gasteiger partial charge on any atom is 0.227 e. The van der Waals surface area contributed by atoms with Crippen LogP contribution in [0.15, 0.2) is 30.3 Å². The topological polar surface area (TPSA) is 69.6 Å². The second-order valence-corrected chi connectivity index (χ2v) is 5.92. The van der Waals surface area contributed by atoms with Crippen LogP contribution >= 0.6 is 0 Å². The molecule has 2 rings (SSSR count). The quantitative estimate of drug-likeness (QED) is 0.838. The summed E-state index contributed by atoms with van der Waals surface area (Å²) >= 11 is 0. The number of aliphatic hydroxyl groups excluding tert-OH is 1. The molecule has 2 N–H and O–H groups in total. The van der Waals surface area contributed by atoms with E-state index in [0.717, 1.165) is 12.1 Å². The van der Waals surface area contributed by atoms with Crippen LogP contribution in [0.3, 0.4) is 0 Å². The molecule has 0 radical (unpaired) electrons. The number of amides is 2. The average molecular weight is 304 g/mol. The molecule has 1 aromatic rings. The molecule has 0 spiro atoms. The van der Waals surface area contributed by atoms with Crippen LogP contribution in [0.1, 0.15) is 26.7 Å². The van der Waals surface area contributed by atoms with E-state index in [1.54, 1.807) is 4.90 Å². The summed E-state index contributed by atoms with van der Waals surface area (Å²) in [5, 5.41) is 12.3. The fourth-order valence-electron chi connectivity index (χ4n) is 2.69. The number of nitrogens with one attached hydrogen (secondary N) is 1. The molecule has 0 aliphatic carbocycles. The fourth-order valence-corrected chi connectivity index (χ4v) is 2.69. The van der Waals surface area contributed by atoms with Crippen molar-refractivity contribution in [2.24, 2.45) is 11.8 Å². The van der Waals surface area contributed by atoms with Gasteiger partial charge < -0.3 is 15.3 Å². The number of rotatable bonds is 6. The summed E-state index contributed by atoms with van der Waals surface area (Å²) in [6.07, 6.45) is 1.10. The Morgan fingerprint density at radius 1 is 1.41 bits per heavy atom. The van der Waals surface area contributed by atoms with Crippen molar-refractivity contribution >= 4 is 17.5 Å². The van der Waals surface area contributed by atoms with E-state index in [1.165, 1.54) is 0 Å². The number of para-hydroxylation sites is 1. The summed E-state index contributed by atoms with van der Waals surface area (Å²) < 4.78 is 0. The third-order valence-corrected chi connectivity index (χ3v) is 4.42. The summed E-state index contributed by atoms with van der Waals surface area (Å²) in [7, 11) is 0. The van der Waals surface area contributed by atoms with E-state index >= 15 is 0 Å². The van der Waals surface area contributed by atoms with E-state index in [4.69, 9.17) is 0 Å². The average Bonchev–Trinajstić information content (AvgIpc) is 2.94. The van der Waals surface area contributed by atoms with Crippen molar-refractivity contribution < 1.29 is 14.7 Å². The number of hydrogen-bond donors (Lipinski definition) is 2. The third-order valence-electron chi connectivity index (χ3n) is 4.42. The van der Waals surface area contributed by atoms with Gasteiger partial charge in [0.25, 0.3) is 0 Å². The van der Waals surface area contributed by atoms with Crippen LogP contribution in [0.25, 0.3) is 0 Å². The van der Waals surface area contributed by atoms with Crippen LogP contribution in [0, 0.1) is 11.8 Å². The van der Waals surface area contributed by atoms with E-state index in [9.17, 15) is 14.7 Å². The predicted molar refractivity (Wildman–Crippen MR) is 85.4 cm³/mol. The zero-order valence-electron chi connectivity index (χ0n) is 13.2. The first-order chi connectivity index (χ1) is 10.6. The highest BCUT2D eigenvalue weighted by atomic mass is 16.3. The highest BCUT2D eigenvalue weighted by molar-refractivity contribution is 6.00. The predicted octanol–water partition coefficient (Wildman–Crippen LogP) is 1.56. The summed E-state index contributed by atoms with van der Waals surface area (Å²) in [6, 6.07) is 9.13. The van der Waals surface area contributed by atoms with Gasteiger partial charge in [-0.15, -0.1) is 0 Å². The summed E-state index contributed by atoms with van der Waals surface area (Å²) in [4.78, 5) is 26.1. The molecule has 22 heavy (non-hydrogen) atoms. The second-order valence-electron chi connectivity index (χ2n) is 5.92. The van der Waals surface area contributed by atoms with Crippen molar-refractivity contribution in [2.75, 3.05) is 18.1 Å². The first-order valence-corrected chi connectivity index (χ1v) is 7.83. The van der Waals surface area contributed by atoms with Crippen LogP contribution in [0.4, 0.5) is 5.69 Å². The van der Waals surface area contributed by atoms with E-state index in [1.807, 2.05) is 44.2 Å². The molecular weight excluding hydrogens is 280 g/mol. The van der Waals surface area contributed by atoms with Gasteiger partial charge in [0.05, 0.1) is 18.6 Å². The van der Waals surface area contributed by atoms with Crippen molar-refractivity contribution in [3.05, 3.63) is 30.3 Å². The number of aliphatic hydroxyl groups is 1. The lowest BCUT2D eigenvalue weighted by atomic mass is 9.98. The minimum Gasteiger partial charge on any atom is -0.394 e. The third kappa shape index (κ3) is 3.65. The molecule has 1 aliphatic rings. The normalized spacial score (nSPS) is 20.8. The Morgan fingerprint density at radius 2 is 2.09 bits per heavy atom. The van der Waals surface area contributed by atoms with E-state index in [0.29, 0.717) is 6.54 Å². The first-order valence-electron chi connectivity index (χ1n) is 7.83. The summed E-state index contributed by atoms with van der Waals surface area (Å²) in [6.45, 7) is 4.34.